The Hall–Kier alpha value is -1.14. The van der Waals surface area contributed by atoms with Gasteiger partial charge in [-0.2, -0.15) is 0 Å². The Balaban J connectivity index is 3.96. The Kier molecular flexibility index (Phi) is 7.49. The molecular weight excluding hydrogens is 208 g/mol. The molecule has 3 amide bonds. The van der Waals surface area contributed by atoms with Gasteiger partial charge in [-0.1, -0.05) is 0 Å². The lowest BCUT2D eigenvalue weighted by Gasteiger charge is -2.23. The summed E-state index contributed by atoms with van der Waals surface area (Å²) < 4.78 is 0. The van der Waals surface area contributed by atoms with E-state index in [9.17, 15) is 9.59 Å². The molecule has 0 rings (SSSR count). The SMILES string of the molecule is CNCCCN(C)C(C)C(=O)NC(=O)NC. The number of hydrogen-bond acceptors (Lipinski definition) is 4. The van der Waals surface area contributed by atoms with Crippen LogP contribution in [0.3, 0.4) is 0 Å². The standard InChI is InChI=1S/C10H22N4O2/c1-8(9(15)13-10(16)12-3)14(4)7-5-6-11-2/h8,11H,5-7H2,1-4H3,(H2,12,13,15,16). The van der Waals surface area contributed by atoms with Crippen LogP contribution in [0.15, 0.2) is 0 Å². The van der Waals surface area contributed by atoms with Gasteiger partial charge in [0.2, 0.25) is 5.91 Å². The van der Waals surface area contributed by atoms with E-state index in [1.54, 1.807) is 6.92 Å². The Bertz CT molecular complexity index is 233. The van der Waals surface area contributed by atoms with Crippen molar-refractivity contribution in [2.45, 2.75) is 19.4 Å². The van der Waals surface area contributed by atoms with Crippen LogP contribution in [0, 0.1) is 0 Å². The second-order valence-corrected chi connectivity index (χ2v) is 3.68. The highest BCUT2D eigenvalue weighted by Crippen LogP contribution is 1.96. The summed E-state index contributed by atoms with van der Waals surface area (Å²) in [6.45, 7) is 3.49. The van der Waals surface area contributed by atoms with E-state index < -0.39 is 6.03 Å². The van der Waals surface area contributed by atoms with Crippen LogP contribution in [0.4, 0.5) is 4.79 Å². The molecule has 94 valence electrons. The molecule has 0 bridgehead atoms. The maximum atomic E-state index is 11.6. The van der Waals surface area contributed by atoms with Gasteiger partial charge in [0.1, 0.15) is 0 Å². The number of likely N-dealkylation sites (N-methyl/N-ethyl adjacent to an activating group) is 1. The molecule has 0 aromatic rings. The number of imide groups is 1. The van der Waals surface area contributed by atoms with E-state index in [1.165, 1.54) is 7.05 Å². The summed E-state index contributed by atoms with van der Waals surface area (Å²) in [6, 6.07) is -0.783. The highest BCUT2D eigenvalue weighted by Gasteiger charge is 2.18. The highest BCUT2D eigenvalue weighted by atomic mass is 16.2. The van der Waals surface area contributed by atoms with Crippen molar-refractivity contribution in [2.24, 2.45) is 0 Å². The summed E-state index contributed by atoms with van der Waals surface area (Å²) in [5.41, 5.74) is 0. The van der Waals surface area contributed by atoms with Crippen LogP contribution in [-0.2, 0) is 4.79 Å². The molecule has 0 saturated carbocycles. The van der Waals surface area contributed by atoms with E-state index in [-0.39, 0.29) is 11.9 Å². The number of nitrogens with one attached hydrogen (secondary N) is 3. The van der Waals surface area contributed by atoms with E-state index in [0.29, 0.717) is 0 Å². The van der Waals surface area contributed by atoms with Crippen LogP contribution in [0.5, 0.6) is 0 Å². The topological polar surface area (TPSA) is 73.5 Å². The molecule has 0 saturated heterocycles. The quantitative estimate of drug-likeness (QED) is 0.531. The summed E-state index contributed by atoms with van der Waals surface area (Å²) in [4.78, 5) is 24.4. The fourth-order valence-electron chi connectivity index (χ4n) is 1.18. The van der Waals surface area contributed by atoms with Crippen molar-refractivity contribution in [1.29, 1.82) is 0 Å². The Morgan fingerprint density at radius 3 is 2.44 bits per heavy atom. The molecule has 6 heteroatoms. The molecule has 0 radical (unpaired) electrons. The van der Waals surface area contributed by atoms with Crippen LogP contribution in [0.2, 0.25) is 0 Å². The summed E-state index contributed by atoms with van der Waals surface area (Å²) in [5, 5.41) is 7.64. The monoisotopic (exact) mass is 230 g/mol. The van der Waals surface area contributed by atoms with Crippen LogP contribution >= 0.6 is 0 Å². The predicted molar refractivity (Wildman–Crippen MR) is 63.2 cm³/mol. The van der Waals surface area contributed by atoms with Gasteiger partial charge in [-0.3, -0.25) is 15.0 Å². The normalized spacial score (nSPS) is 12.3. The number of amides is 3. The first-order valence-corrected chi connectivity index (χ1v) is 5.40. The molecule has 0 aromatic carbocycles. The number of carbonyl (C=O) groups is 2. The Morgan fingerprint density at radius 2 is 1.94 bits per heavy atom. The third-order valence-electron chi connectivity index (χ3n) is 2.44. The zero-order valence-corrected chi connectivity index (χ0v) is 10.5. The molecule has 0 fully saturated rings. The molecule has 0 heterocycles. The average Bonchev–Trinajstić information content (AvgIpc) is 2.27. The predicted octanol–water partition coefficient (Wildman–Crippen LogP) is -0.628. The van der Waals surface area contributed by atoms with E-state index >= 15 is 0 Å². The largest absolute Gasteiger partial charge is 0.341 e. The molecule has 16 heavy (non-hydrogen) atoms. The zero-order chi connectivity index (χ0) is 12.6. The molecule has 0 aliphatic rings. The fourth-order valence-corrected chi connectivity index (χ4v) is 1.18. The Labute approximate surface area is 96.8 Å². The first-order valence-electron chi connectivity index (χ1n) is 5.40. The number of carbonyl (C=O) groups excluding carboxylic acids is 2. The van der Waals surface area contributed by atoms with Crippen molar-refractivity contribution in [3.8, 4) is 0 Å². The summed E-state index contributed by atoms with van der Waals surface area (Å²) in [6.07, 6.45) is 0.963. The summed E-state index contributed by atoms with van der Waals surface area (Å²) in [5.74, 6) is -0.286. The minimum absolute atomic E-state index is 0.286. The van der Waals surface area contributed by atoms with Crippen molar-refractivity contribution < 1.29 is 9.59 Å². The maximum absolute atomic E-state index is 11.6. The molecule has 0 aliphatic carbocycles. The average molecular weight is 230 g/mol. The third-order valence-corrected chi connectivity index (χ3v) is 2.44. The van der Waals surface area contributed by atoms with Gasteiger partial charge in [-0.25, -0.2) is 4.79 Å². The minimum atomic E-state index is -0.472. The van der Waals surface area contributed by atoms with E-state index in [2.05, 4.69) is 16.0 Å². The number of hydrogen-bond donors (Lipinski definition) is 3. The van der Waals surface area contributed by atoms with Gasteiger partial charge in [-0.15, -0.1) is 0 Å². The molecular formula is C10H22N4O2. The second kappa shape index (κ2) is 8.06. The van der Waals surface area contributed by atoms with Gasteiger partial charge >= 0.3 is 6.03 Å². The fraction of sp³-hybridized carbons (Fsp3) is 0.800. The summed E-state index contributed by atoms with van der Waals surface area (Å²) in [7, 11) is 5.23. The first kappa shape index (κ1) is 14.9. The Morgan fingerprint density at radius 1 is 1.31 bits per heavy atom. The number of urea groups is 1. The lowest BCUT2D eigenvalue weighted by molar-refractivity contribution is -0.124. The molecule has 1 unspecified atom stereocenters. The highest BCUT2D eigenvalue weighted by molar-refractivity contribution is 5.96. The summed E-state index contributed by atoms with van der Waals surface area (Å²) >= 11 is 0. The first-order chi connectivity index (χ1) is 7.52. The van der Waals surface area contributed by atoms with Gasteiger partial charge < -0.3 is 10.6 Å². The van der Waals surface area contributed by atoms with E-state index in [1.807, 2.05) is 19.0 Å². The lowest BCUT2D eigenvalue weighted by Crippen LogP contribution is -2.48. The molecule has 0 aliphatic heterocycles. The van der Waals surface area contributed by atoms with E-state index in [4.69, 9.17) is 0 Å². The molecule has 0 aromatic heterocycles. The lowest BCUT2D eigenvalue weighted by atomic mass is 10.2. The number of nitrogens with zero attached hydrogens (tertiary/aromatic N) is 1. The van der Waals surface area contributed by atoms with Crippen molar-refractivity contribution in [3.63, 3.8) is 0 Å². The molecule has 3 N–H and O–H groups in total. The molecule has 1 atom stereocenters. The maximum Gasteiger partial charge on any atom is 0.321 e. The second-order valence-electron chi connectivity index (χ2n) is 3.68. The minimum Gasteiger partial charge on any atom is -0.341 e. The van der Waals surface area contributed by atoms with Gasteiger partial charge in [0.05, 0.1) is 6.04 Å². The van der Waals surface area contributed by atoms with Gasteiger partial charge in [-0.05, 0) is 40.5 Å². The molecule has 0 spiro atoms. The number of rotatable bonds is 6. The van der Waals surface area contributed by atoms with Crippen LogP contribution in [-0.4, -0.2) is 57.1 Å². The smallest absolute Gasteiger partial charge is 0.321 e. The van der Waals surface area contributed by atoms with Crippen LogP contribution < -0.4 is 16.0 Å². The van der Waals surface area contributed by atoms with Crippen LogP contribution in [0.25, 0.3) is 0 Å². The zero-order valence-electron chi connectivity index (χ0n) is 10.5. The van der Waals surface area contributed by atoms with Gasteiger partial charge in [0.15, 0.2) is 0 Å². The van der Waals surface area contributed by atoms with E-state index in [0.717, 1.165) is 19.5 Å². The molecule has 6 nitrogen and oxygen atoms in total. The van der Waals surface area contributed by atoms with Gasteiger partial charge in [0, 0.05) is 7.05 Å². The third kappa shape index (κ3) is 5.67. The van der Waals surface area contributed by atoms with Crippen molar-refractivity contribution >= 4 is 11.9 Å². The van der Waals surface area contributed by atoms with Crippen molar-refractivity contribution in [2.75, 3.05) is 34.2 Å². The van der Waals surface area contributed by atoms with Crippen molar-refractivity contribution in [1.82, 2.24) is 20.9 Å². The van der Waals surface area contributed by atoms with Gasteiger partial charge in [0.25, 0.3) is 0 Å². The van der Waals surface area contributed by atoms with Crippen molar-refractivity contribution in [3.05, 3.63) is 0 Å². The van der Waals surface area contributed by atoms with Crippen LogP contribution in [0.1, 0.15) is 13.3 Å².